The fourth-order valence-electron chi connectivity index (χ4n) is 5.54. The lowest BCUT2D eigenvalue weighted by molar-refractivity contribution is -0.136. The Labute approximate surface area is 231 Å². The fourth-order valence-corrected chi connectivity index (χ4v) is 5.54. The van der Waals surface area contributed by atoms with Gasteiger partial charge in [0.15, 0.2) is 5.69 Å². The van der Waals surface area contributed by atoms with Crippen molar-refractivity contribution in [3.05, 3.63) is 106 Å². The van der Waals surface area contributed by atoms with Crippen LogP contribution in [0.15, 0.2) is 77.7 Å². The first kappa shape index (κ1) is 26.7. The second kappa shape index (κ2) is 9.84. The predicted molar refractivity (Wildman–Crippen MR) is 146 cm³/mol. The molecular weight excluding hydrogens is 538 g/mol. The van der Waals surface area contributed by atoms with E-state index in [0.29, 0.717) is 37.1 Å². The highest BCUT2D eigenvalue weighted by Crippen LogP contribution is 2.37. The van der Waals surface area contributed by atoms with Crippen LogP contribution in [0.25, 0.3) is 27.5 Å². The number of benzene rings is 3. The van der Waals surface area contributed by atoms with Gasteiger partial charge in [-0.05, 0) is 54.4 Å². The maximum absolute atomic E-state index is 14.4. The van der Waals surface area contributed by atoms with Crippen LogP contribution >= 0.6 is 0 Å². The number of nitrogens with zero attached hydrogens (tertiary/aromatic N) is 3. The summed E-state index contributed by atoms with van der Waals surface area (Å²) < 4.78 is 57.7. The predicted octanol–water partition coefficient (Wildman–Crippen LogP) is 5.35. The van der Waals surface area contributed by atoms with E-state index < -0.39 is 45.8 Å². The number of hydrogen-bond donors (Lipinski definition) is 2. The summed E-state index contributed by atoms with van der Waals surface area (Å²) in [5, 5.41) is 8.63. The second-order valence-electron chi connectivity index (χ2n) is 10.4. The average molecular weight is 564 g/mol. The number of likely N-dealkylation sites (tertiary alicyclic amines) is 1. The van der Waals surface area contributed by atoms with Crippen LogP contribution < -0.4 is 10.9 Å². The number of nitrogens with one attached hydrogen (secondary N) is 2. The number of aromatic nitrogens is 3. The molecule has 11 heteroatoms. The highest BCUT2D eigenvalue weighted by Gasteiger charge is 2.44. The Morgan fingerprint density at radius 1 is 1.00 bits per heavy atom. The molecule has 0 saturated carbocycles. The molecule has 1 aliphatic heterocycles. The third-order valence-electron chi connectivity index (χ3n) is 7.77. The summed E-state index contributed by atoms with van der Waals surface area (Å²) in [6.45, 7) is 1.12. The molecule has 0 radical (unpaired) electrons. The molecule has 0 atom stereocenters. The Morgan fingerprint density at radius 2 is 1.68 bits per heavy atom. The summed E-state index contributed by atoms with van der Waals surface area (Å²) in [5.41, 5.74) is -3.77. The molecule has 0 aliphatic carbocycles. The van der Waals surface area contributed by atoms with Gasteiger partial charge >= 0.3 is 6.18 Å². The number of fused-ring (bicyclic) bond motifs is 2. The molecule has 1 fully saturated rings. The van der Waals surface area contributed by atoms with Crippen LogP contribution in [-0.4, -0.2) is 45.5 Å². The zero-order chi connectivity index (χ0) is 28.9. The molecule has 1 amide bonds. The molecule has 2 aromatic heterocycles. The van der Waals surface area contributed by atoms with E-state index in [9.17, 15) is 27.2 Å². The first-order valence-corrected chi connectivity index (χ1v) is 13.0. The molecule has 210 valence electrons. The number of halogens is 4. The molecule has 0 bridgehead atoms. The van der Waals surface area contributed by atoms with Crippen LogP contribution in [0.2, 0.25) is 0 Å². The first-order chi connectivity index (χ1) is 19.5. The molecule has 1 saturated heterocycles. The minimum atomic E-state index is -5.04. The molecule has 0 spiro atoms. The molecule has 6 rings (SSSR count). The fraction of sp³-hybridized carbons (Fsp3) is 0.233. The Kier molecular flexibility index (Phi) is 6.41. The monoisotopic (exact) mass is 563 g/mol. The lowest BCUT2D eigenvalue weighted by Crippen LogP contribution is -2.52. The number of hydrogen-bond acceptors (Lipinski definition) is 4. The molecule has 3 heterocycles. The van der Waals surface area contributed by atoms with E-state index in [2.05, 4.69) is 15.4 Å². The normalized spacial score (nSPS) is 15.8. The van der Waals surface area contributed by atoms with Crippen LogP contribution in [-0.2, 0) is 11.7 Å². The first-order valence-electron chi connectivity index (χ1n) is 13.0. The largest absolute Gasteiger partial charge is 0.421 e. The summed E-state index contributed by atoms with van der Waals surface area (Å²) in [5.74, 6) is -1.54. The highest BCUT2D eigenvalue weighted by molar-refractivity contribution is 5.96. The average Bonchev–Trinajstić information content (AvgIpc) is 3.36. The van der Waals surface area contributed by atoms with Crippen molar-refractivity contribution in [1.29, 1.82) is 0 Å². The van der Waals surface area contributed by atoms with E-state index in [-0.39, 0.29) is 5.69 Å². The quantitative estimate of drug-likeness (QED) is 0.289. The maximum atomic E-state index is 14.4. The number of amides is 1. The summed E-state index contributed by atoms with van der Waals surface area (Å²) >= 11 is 0. The van der Waals surface area contributed by atoms with Crippen molar-refractivity contribution in [3.63, 3.8) is 0 Å². The van der Waals surface area contributed by atoms with Crippen molar-refractivity contribution >= 4 is 22.2 Å². The van der Waals surface area contributed by atoms with Gasteiger partial charge in [-0.1, -0.05) is 48.5 Å². The standard InChI is InChI=1S/C30H25F4N5O2/c1-38-14-12-29(13-15-38,21-8-10-22(31)11-9-21)36-27(40)25-24(30(32,33)34)26-28(41)35-23(17-39(26)37-25)20-7-6-18-4-2-3-5-19(18)16-20/h2-11,16-17H,12-15H2,1H3,(H,35,41)(H,36,40). The van der Waals surface area contributed by atoms with Gasteiger partial charge in [-0.15, -0.1) is 0 Å². The number of H-pyrrole nitrogens is 1. The van der Waals surface area contributed by atoms with Gasteiger partial charge in [0.25, 0.3) is 11.5 Å². The number of alkyl halides is 3. The Morgan fingerprint density at radius 3 is 2.37 bits per heavy atom. The summed E-state index contributed by atoms with van der Waals surface area (Å²) in [4.78, 5) is 31.3. The van der Waals surface area contributed by atoms with E-state index in [1.54, 1.807) is 12.1 Å². The molecule has 5 aromatic rings. The van der Waals surface area contributed by atoms with E-state index in [4.69, 9.17) is 0 Å². The zero-order valence-corrected chi connectivity index (χ0v) is 21.9. The van der Waals surface area contributed by atoms with Gasteiger partial charge in [0, 0.05) is 18.7 Å². The Bertz CT molecular complexity index is 1830. The van der Waals surface area contributed by atoms with Crippen molar-refractivity contribution in [2.45, 2.75) is 24.6 Å². The van der Waals surface area contributed by atoms with Crippen LogP contribution in [0.1, 0.15) is 34.5 Å². The number of rotatable bonds is 4. The van der Waals surface area contributed by atoms with Crippen molar-refractivity contribution < 1.29 is 22.4 Å². The third kappa shape index (κ3) is 4.86. The minimum absolute atomic E-state index is 0.245. The van der Waals surface area contributed by atoms with Gasteiger partial charge in [-0.25, -0.2) is 8.91 Å². The lowest BCUT2D eigenvalue weighted by Gasteiger charge is -2.41. The maximum Gasteiger partial charge on any atom is 0.421 e. The van der Waals surface area contributed by atoms with Crippen molar-refractivity contribution in [2.75, 3.05) is 20.1 Å². The lowest BCUT2D eigenvalue weighted by atomic mass is 9.80. The number of aromatic amines is 1. The van der Waals surface area contributed by atoms with Gasteiger partial charge in [0.2, 0.25) is 0 Å². The van der Waals surface area contributed by atoms with Crippen LogP contribution in [0.4, 0.5) is 17.6 Å². The van der Waals surface area contributed by atoms with Gasteiger partial charge in [0.1, 0.15) is 16.9 Å². The van der Waals surface area contributed by atoms with Gasteiger partial charge in [-0.3, -0.25) is 9.59 Å². The smallest absolute Gasteiger partial charge is 0.341 e. The van der Waals surface area contributed by atoms with Crippen molar-refractivity contribution in [1.82, 2.24) is 24.8 Å². The topological polar surface area (TPSA) is 82.5 Å². The molecular formula is C30H25F4N5O2. The Balaban J connectivity index is 1.45. The third-order valence-corrected chi connectivity index (χ3v) is 7.77. The minimum Gasteiger partial charge on any atom is -0.341 e. The number of piperidine rings is 1. The van der Waals surface area contributed by atoms with Gasteiger partial charge in [0.05, 0.1) is 17.4 Å². The van der Waals surface area contributed by atoms with Crippen molar-refractivity contribution in [3.8, 4) is 11.3 Å². The van der Waals surface area contributed by atoms with Gasteiger partial charge < -0.3 is 15.2 Å². The molecule has 0 unspecified atom stereocenters. The van der Waals surface area contributed by atoms with Crippen molar-refractivity contribution in [2.24, 2.45) is 0 Å². The zero-order valence-electron chi connectivity index (χ0n) is 21.9. The molecule has 41 heavy (non-hydrogen) atoms. The van der Waals surface area contributed by atoms with Crippen LogP contribution in [0.5, 0.6) is 0 Å². The van der Waals surface area contributed by atoms with E-state index in [1.165, 1.54) is 30.5 Å². The number of carbonyl (C=O) groups is 1. The summed E-state index contributed by atoms with van der Waals surface area (Å²) in [6, 6.07) is 18.5. The molecule has 1 aliphatic rings. The van der Waals surface area contributed by atoms with E-state index >= 15 is 0 Å². The summed E-state index contributed by atoms with van der Waals surface area (Å²) in [7, 11) is 1.90. The molecule has 7 nitrogen and oxygen atoms in total. The molecule has 2 N–H and O–H groups in total. The van der Waals surface area contributed by atoms with E-state index in [1.807, 2.05) is 42.3 Å². The second-order valence-corrected chi connectivity index (χ2v) is 10.4. The van der Waals surface area contributed by atoms with Gasteiger partial charge in [-0.2, -0.15) is 18.3 Å². The SMILES string of the molecule is CN1CCC(NC(=O)c2nn3cc(-c4ccc5ccccc5c4)[nH]c(=O)c3c2C(F)(F)F)(c2ccc(F)cc2)CC1. The highest BCUT2D eigenvalue weighted by atomic mass is 19.4. The van der Waals surface area contributed by atoms with Crippen LogP contribution in [0.3, 0.4) is 0 Å². The number of carbonyl (C=O) groups excluding carboxylic acids is 1. The van der Waals surface area contributed by atoms with E-state index in [0.717, 1.165) is 15.3 Å². The Hall–Kier alpha value is -4.51. The summed E-state index contributed by atoms with van der Waals surface area (Å²) in [6.07, 6.45) is -2.98. The van der Waals surface area contributed by atoms with Crippen LogP contribution in [0, 0.1) is 5.82 Å². The molecule has 3 aromatic carbocycles.